The Bertz CT molecular complexity index is 208. The monoisotopic (exact) mass is 228 g/mol. The van der Waals surface area contributed by atoms with Gasteiger partial charge in [-0.05, 0) is 25.7 Å². The van der Waals surface area contributed by atoms with Crippen molar-refractivity contribution in [3.05, 3.63) is 0 Å². The van der Waals surface area contributed by atoms with Crippen molar-refractivity contribution < 1.29 is 4.84 Å². The molecule has 0 aromatic carbocycles. The maximum Gasteiger partial charge on any atom is 0.143 e. The van der Waals surface area contributed by atoms with E-state index in [1.165, 1.54) is 19.3 Å². The second-order valence-electron chi connectivity index (χ2n) is 5.16. The van der Waals surface area contributed by atoms with Crippen molar-refractivity contribution in [1.82, 2.24) is 10.4 Å². The van der Waals surface area contributed by atoms with E-state index in [-0.39, 0.29) is 5.72 Å². The third-order valence-corrected chi connectivity index (χ3v) is 3.61. The highest BCUT2D eigenvalue weighted by atomic mass is 16.7. The van der Waals surface area contributed by atoms with Crippen LogP contribution in [0.25, 0.3) is 0 Å². The van der Waals surface area contributed by atoms with Gasteiger partial charge in [0.1, 0.15) is 5.72 Å². The highest BCUT2D eigenvalue weighted by Gasteiger charge is 2.43. The number of hydrogen-bond donors (Lipinski definition) is 1. The van der Waals surface area contributed by atoms with Gasteiger partial charge in [-0.25, -0.2) is 0 Å². The predicted molar refractivity (Wildman–Crippen MR) is 67.8 cm³/mol. The minimum Gasteiger partial charge on any atom is -0.275 e. The molecule has 2 unspecified atom stereocenters. The molecular weight excluding hydrogens is 200 g/mol. The van der Waals surface area contributed by atoms with Gasteiger partial charge in [-0.15, -0.1) is 0 Å². The molecule has 1 aliphatic rings. The van der Waals surface area contributed by atoms with Crippen molar-refractivity contribution in [3.63, 3.8) is 0 Å². The van der Waals surface area contributed by atoms with Gasteiger partial charge in [0, 0.05) is 6.54 Å². The number of nitrogens with one attached hydrogen (secondary N) is 1. The standard InChI is InChI=1S/C13H28N2O/c1-6-8-9-10-15-12(5)14-13(7-2,16-15)11(3)4/h11-12,14H,6-10H2,1-5H3. The van der Waals surface area contributed by atoms with Crippen LogP contribution in [-0.2, 0) is 4.84 Å². The van der Waals surface area contributed by atoms with Crippen molar-refractivity contribution in [2.45, 2.75) is 72.2 Å². The molecule has 0 bridgehead atoms. The molecule has 1 fully saturated rings. The molecule has 0 aliphatic carbocycles. The van der Waals surface area contributed by atoms with Gasteiger partial charge in [0.05, 0.1) is 6.17 Å². The topological polar surface area (TPSA) is 24.5 Å². The lowest BCUT2D eigenvalue weighted by atomic mass is 9.97. The third-order valence-electron chi connectivity index (χ3n) is 3.61. The average molecular weight is 228 g/mol. The van der Waals surface area contributed by atoms with Crippen molar-refractivity contribution in [2.24, 2.45) is 5.92 Å². The molecular formula is C13H28N2O. The van der Waals surface area contributed by atoms with Gasteiger partial charge in [0.2, 0.25) is 0 Å². The van der Waals surface area contributed by atoms with Gasteiger partial charge in [0.25, 0.3) is 0 Å². The Morgan fingerprint density at radius 3 is 2.44 bits per heavy atom. The van der Waals surface area contributed by atoms with Crippen LogP contribution in [0.2, 0.25) is 0 Å². The number of unbranched alkanes of at least 4 members (excludes halogenated alkanes) is 2. The van der Waals surface area contributed by atoms with E-state index < -0.39 is 0 Å². The SMILES string of the molecule is CCCCCN1OC(CC)(C(C)C)NC1C. The molecule has 3 heteroatoms. The lowest BCUT2D eigenvalue weighted by Crippen LogP contribution is -2.47. The Hall–Kier alpha value is -0.120. The highest BCUT2D eigenvalue weighted by Crippen LogP contribution is 2.31. The number of hydroxylamine groups is 2. The normalized spacial score (nSPS) is 31.5. The molecule has 16 heavy (non-hydrogen) atoms. The van der Waals surface area contributed by atoms with Gasteiger partial charge in [0.15, 0.2) is 0 Å². The van der Waals surface area contributed by atoms with Gasteiger partial charge in [-0.3, -0.25) is 10.2 Å². The molecule has 1 saturated heterocycles. The van der Waals surface area contributed by atoms with Gasteiger partial charge < -0.3 is 0 Å². The molecule has 0 aromatic rings. The molecule has 2 atom stereocenters. The van der Waals surface area contributed by atoms with E-state index in [9.17, 15) is 0 Å². The summed E-state index contributed by atoms with van der Waals surface area (Å²) in [6, 6.07) is 0. The largest absolute Gasteiger partial charge is 0.275 e. The highest BCUT2D eigenvalue weighted by molar-refractivity contribution is 4.86. The summed E-state index contributed by atoms with van der Waals surface area (Å²) in [5, 5.41) is 5.72. The van der Waals surface area contributed by atoms with Crippen molar-refractivity contribution in [2.75, 3.05) is 6.54 Å². The molecule has 0 aromatic heterocycles. The van der Waals surface area contributed by atoms with Crippen LogP contribution in [0.1, 0.15) is 60.3 Å². The quantitative estimate of drug-likeness (QED) is 0.707. The lowest BCUT2D eigenvalue weighted by molar-refractivity contribution is -0.221. The Kier molecular flexibility index (Phi) is 5.22. The summed E-state index contributed by atoms with van der Waals surface area (Å²) < 4.78 is 0. The first-order chi connectivity index (χ1) is 7.55. The Morgan fingerprint density at radius 1 is 1.31 bits per heavy atom. The first kappa shape index (κ1) is 13.9. The minimum atomic E-state index is -0.147. The van der Waals surface area contributed by atoms with Crippen LogP contribution in [0.5, 0.6) is 0 Å². The second kappa shape index (κ2) is 5.99. The van der Waals surface area contributed by atoms with Crippen molar-refractivity contribution in [3.8, 4) is 0 Å². The average Bonchev–Trinajstić information content (AvgIpc) is 2.58. The summed E-state index contributed by atoms with van der Waals surface area (Å²) in [6.45, 7) is 12.1. The van der Waals surface area contributed by atoms with Gasteiger partial charge >= 0.3 is 0 Å². The second-order valence-corrected chi connectivity index (χ2v) is 5.16. The fourth-order valence-electron chi connectivity index (χ4n) is 2.34. The van der Waals surface area contributed by atoms with Crippen LogP contribution in [0.15, 0.2) is 0 Å². The van der Waals surface area contributed by atoms with Crippen LogP contribution in [-0.4, -0.2) is 23.5 Å². The number of hydrogen-bond acceptors (Lipinski definition) is 3. The van der Waals surface area contributed by atoms with E-state index in [2.05, 4.69) is 45.0 Å². The van der Waals surface area contributed by atoms with Crippen molar-refractivity contribution >= 4 is 0 Å². The fourth-order valence-corrected chi connectivity index (χ4v) is 2.34. The van der Waals surface area contributed by atoms with Crippen molar-refractivity contribution in [1.29, 1.82) is 0 Å². The van der Waals surface area contributed by atoms with E-state index in [0.717, 1.165) is 13.0 Å². The molecule has 1 aliphatic heterocycles. The summed E-state index contributed by atoms with van der Waals surface area (Å²) in [7, 11) is 0. The Balaban J connectivity index is 2.51. The van der Waals surface area contributed by atoms with Crippen LogP contribution in [0.3, 0.4) is 0 Å². The summed E-state index contributed by atoms with van der Waals surface area (Å²) in [6.07, 6.45) is 5.12. The maximum atomic E-state index is 6.14. The molecule has 0 amide bonds. The van der Waals surface area contributed by atoms with Crippen LogP contribution in [0, 0.1) is 5.92 Å². The summed E-state index contributed by atoms with van der Waals surface area (Å²) in [5.41, 5.74) is -0.147. The summed E-state index contributed by atoms with van der Waals surface area (Å²) >= 11 is 0. The van der Waals surface area contributed by atoms with E-state index in [1.807, 2.05) is 0 Å². The van der Waals surface area contributed by atoms with Crippen LogP contribution < -0.4 is 5.32 Å². The predicted octanol–water partition coefficient (Wildman–Crippen LogP) is 3.12. The maximum absolute atomic E-state index is 6.14. The molecule has 1 heterocycles. The zero-order valence-electron chi connectivity index (χ0n) is 11.5. The Morgan fingerprint density at radius 2 is 2.00 bits per heavy atom. The van der Waals surface area contributed by atoms with E-state index >= 15 is 0 Å². The molecule has 1 rings (SSSR count). The van der Waals surface area contributed by atoms with E-state index in [1.54, 1.807) is 0 Å². The van der Waals surface area contributed by atoms with Crippen LogP contribution >= 0.6 is 0 Å². The smallest absolute Gasteiger partial charge is 0.143 e. The lowest BCUT2D eigenvalue weighted by Gasteiger charge is -2.31. The van der Waals surface area contributed by atoms with Crippen LogP contribution in [0.4, 0.5) is 0 Å². The zero-order chi connectivity index (χ0) is 12.2. The first-order valence-electron chi connectivity index (χ1n) is 6.79. The summed E-state index contributed by atoms with van der Waals surface area (Å²) in [4.78, 5) is 6.14. The molecule has 96 valence electrons. The molecule has 1 N–H and O–H groups in total. The summed E-state index contributed by atoms with van der Waals surface area (Å²) in [5.74, 6) is 0.496. The molecule has 0 saturated carbocycles. The fraction of sp³-hybridized carbons (Fsp3) is 1.00. The molecule has 0 radical (unpaired) electrons. The van der Waals surface area contributed by atoms with E-state index in [4.69, 9.17) is 4.84 Å². The molecule has 0 spiro atoms. The number of rotatable bonds is 6. The zero-order valence-corrected chi connectivity index (χ0v) is 11.5. The van der Waals surface area contributed by atoms with Gasteiger partial charge in [-0.2, -0.15) is 5.06 Å². The first-order valence-corrected chi connectivity index (χ1v) is 6.79. The molecule has 3 nitrogen and oxygen atoms in total. The number of nitrogens with zero attached hydrogens (tertiary/aromatic N) is 1. The van der Waals surface area contributed by atoms with Gasteiger partial charge in [-0.1, -0.05) is 40.5 Å². The van der Waals surface area contributed by atoms with E-state index in [0.29, 0.717) is 12.1 Å². The minimum absolute atomic E-state index is 0.147. The Labute approximate surface area is 100 Å². The third kappa shape index (κ3) is 2.96.